The molecule has 1 heterocycles. The van der Waals surface area contributed by atoms with E-state index in [0.29, 0.717) is 18.4 Å². The summed E-state index contributed by atoms with van der Waals surface area (Å²) in [7, 11) is 0. The Morgan fingerprint density at radius 1 is 0.828 bits per heavy atom. The highest BCUT2D eigenvalue weighted by Crippen LogP contribution is 2.37. The summed E-state index contributed by atoms with van der Waals surface area (Å²) >= 11 is 5.95. The van der Waals surface area contributed by atoms with E-state index in [1.165, 1.54) is 29.5 Å². The van der Waals surface area contributed by atoms with E-state index in [0.717, 1.165) is 18.1 Å². The third kappa shape index (κ3) is 5.27. The van der Waals surface area contributed by atoms with Gasteiger partial charge in [-0.3, -0.25) is 4.99 Å². The number of piperidine rings is 1. The van der Waals surface area contributed by atoms with Crippen molar-refractivity contribution in [2.45, 2.75) is 25.3 Å². The molecule has 0 bridgehead atoms. The Bertz CT molecular complexity index is 859. The highest BCUT2D eigenvalue weighted by molar-refractivity contribution is 6.30. The summed E-state index contributed by atoms with van der Waals surface area (Å²) in [5.74, 6) is 1.12. The lowest BCUT2D eigenvalue weighted by molar-refractivity contribution is 0.254. The van der Waals surface area contributed by atoms with Crippen molar-refractivity contribution in [1.82, 2.24) is 4.90 Å². The molecule has 0 N–H and O–H groups in total. The van der Waals surface area contributed by atoms with Gasteiger partial charge in [0, 0.05) is 24.0 Å². The van der Waals surface area contributed by atoms with Crippen LogP contribution < -0.4 is 0 Å². The molecule has 2 nitrogen and oxygen atoms in total. The molecule has 1 aliphatic heterocycles. The molecule has 1 aliphatic rings. The molecule has 0 spiro atoms. The molecule has 148 valence electrons. The number of nitrogens with zero attached hydrogens (tertiary/aromatic N) is 2. The number of halogens is 1. The zero-order valence-electron chi connectivity index (χ0n) is 16.6. The largest absolute Gasteiger partial charge is 0.363 e. The summed E-state index contributed by atoms with van der Waals surface area (Å²) in [5.41, 5.74) is 4.04. The lowest BCUT2D eigenvalue weighted by atomic mass is 9.76. The number of rotatable bonds is 6. The molecule has 29 heavy (non-hydrogen) atoms. The molecule has 1 fully saturated rings. The molecular formula is C26H27ClN2. The van der Waals surface area contributed by atoms with Gasteiger partial charge in [0.25, 0.3) is 0 Å². The van der Waals surface area contributed by atoms with Crippen LogP contribution in [-0.4, -0.2) is 24.3 Å². The van der Waals surface area contributed by atoms with Crippen LogP contribution in [0, 0.1) is 5.92 Å². The Morgan fingerprint density at radius 2 is 1.38 bits per heavy atom. The van der Waals surface area contributed by atoms with E-state index >= 15 is 0 Å². The minimum absolute atomic E-state index is 0.463. The van der Waals surface area contributed by atoms with Crippen molar-refractivity contribution in [2.24, 2.45) is 10.9 Å². The van der Waals surface area contributed by atoms with Crippen LogP contribution >= 0.6 is 11.6 Å². The summed E-state index contributed by atoms with van der Waals surface area (Å²) in [6.45, 7) is 2.82. The number of benzene rings is 3. The fourth-order valence-corrected chi connectivity index (χ4v) is 4.40. The van der Waals surface area contributed by atoms with E-state index in [-0.39, 0.29) is 0 Å². The van der Waals surface area contributed by atoms with Crippen LogP contribution in [0.15, 0.2) is 89.9 Å². The molecule has 0 aromatic heterocycles. The van der Waals surface area contributed by atoms with Gasteiger partial charge in [-0.05, 0) is 47.6 Å². The molecule has 0 atom stereocenters. The maximum Gasteiger partial charge on any atom is 0.0853 e. The van der Waals surface area contributed by atoms with E-state index in [1.807, 2.05) is 30.6 Å². The summed E-state index contributed by atoms with van der Waals surface area (Å²) < 4.78 is 0. The summed E-state index contributed by atoms with van der Waals surface area (Å²) in [6, 6.07) is 29.9. The molecule has 4 rings (SSSR count). The van der Waals surface area contributed by atoms with Crippen molar-refractivity contribution in [3.8, 4) is 0 Å². The van der Waals surface area contributed by atoms with Gasteiger partial charge < -0.3 is 4.90 Å². The third-order valence-electron chi connectivity index (χ3n) is 5.80. The van der Waals surface area contributed by atoms with Gasteiger partial charge in [-0.2, -0.15) is 0 Å². The molecule has 0 unspecified atom stereocenters. The van der Waals surface area contributed by atoms with Gasteiger partial charge in [0.2, 0.25) is 0 Å². The lowest BCUT2D eigenvalue weighted by Gasteiger charge is -2.36. The average molecular weight is 403 g/mol. The maximum atomic E-state index is 5.95. The zero-order valence-corrected chi connectivity index (χ0v) is 17.4. The lowest BCUT2D eigenvalue weighted by Crippen LogP contribution is -2.35. The van der Waals surface area contributed by atoms with Gasteiger partial charge in [0.15, 0.2) is 0 Å². The molecule has 1 saturated heterocycles. The Balaban J connectivity index is 1.39. The van der Waals surface area contributed by atoms with Gasteiger partial charge in [-0.1, -0.05) is 84.4 Å². The second-order valence-corrected chi connectivity index (χ2v) is 8.19. The van der Waals surface area contributed by atoms with Crippen molar-refractivity contribution < 1.29 is 0 Å². The van der Waals surface area contributed by atoms with E-state index in [9.17, 15) is 0 Å². The molecule has 0 amide bonds. The van der Waals surface area contributed by atoms with Crippen molar-refractivity contribution in [3.63, 3.8) is 0 Å². The molecule has 0 aliphatic carbocycles. The fraction of sp³-hybridized carbons (Fsp3) is 0.269. The minimum atomic E-state index is 0.463. The van der Waals surface area contributed by atoms with Gasteiger partial charge in [-0.15, -0.1) is 0 Å². The van der Waals surface area contributed by atoms with Crippen molar-refractivity contribution in [1.29, 1.82) is 0 Å². The van der Waals surface area contributed by atoms with E-state index < -0.39 is 0 Å². The first-order chi connectivity index (χ1) is 14.3. The Labute approximate surface area is 178 Å². The first-order valence-electron chi connectivity index (χ1n) is 10.4. The number of hydrogen-bond acceptors (Lipinski definition) is 1. The van der Waals surface area contributed by atoms with Crippen LogP contribution in [0.3, 0.4) is 0 Å². The van der Waals surface area contributed by atoms with Crippen LogP contribution in [0.25, 0.3) is 0 Å². The second kappa shape index (κ2) is 9.76. The number of aliphatic imine (C=N–C) groups is 1. The maximum absolute atomic E-state index is 5.95. The quantitative estimate of drug-likeness (QED) is 0.343. The van der Waals surface area contributed by atoms with Gasteiger partial charge in [0.1, 0.15) is 0 Å². The van der Waals surface area contributed by atoms with Crippen LogP contribution in [0.1, 0.15) is 35.4 Å². The Kier molecular flexibility index (Phi) is 6.63. The van der Waals surface area contributed by atoms with Crippen LogP contribution in [0.4, 0.5) is 0 Å². The minimum Gasteiger partial charge on any atom is -0.363 e. The topological polar surface area (TPSA) is 15.6 Å². The number of likely N-dealkylation sites (tertiary alicyclic amines) is 1. The summed E-state index contributed by atoms with van der Waals surface area (Å²) in [5, 5.41) is 0.770. The first-order valence-corrected chi connectivity index (χ1v) is 10.8. The fourth-order valence-electron chi connectivity index (χ4n) is 4.28. The monoisotopic (exact) mass is 402 g/mol. The second-order valence-electron chi connectivity index (χ2n) is 7.76. The van der Waals surface area contributed by atoms with Crippen molar-refractivity contribution in [2.75, 3.05) is 13.1 Å². The smallest absolute Gasteiger partial charge is 0.0853 e. The SMILES string of the molecule is Clc1ccc(CN=CN2CCC(C(c3ccccc3)c3ccccc3)CC2)cc1. The molecule has 3 heteroatoms. The first kappa shape index (κ1) is 19.7. The number of hydrogen-bond donors (Lipinski definition) is 0. The molecule has 0 saturated carbocycles. The zero-order chi connectivity index (χ0) is 19.9. The van der Waals surface area contributed by atoms with Crippen molar-refractivity contribution in [3.05, 3.63) is 107 Å². The normalized spacial score (nSPS) is 15.3. The molecule has 3 aromatic carbocycles. The Hall–Kier alpha value is -2.58. The third-order valence-corrected chi connectivity index (χ3v) is 6.05. The van der Waals surface area contributed by atoms with E-state index in [1.54, 1.807) is 0 Å². The van der Waals surface area contributed by atoms with Crippen LogP contribution in [0.2, 0.25) is 5.02 Å². The highest BCUT2D eigenvalue weighted by atomic mass is 35.5. The van der Waals surface area contributed by atoms with Gasteiger partial charge in [0.05, 0.1) is 12.9 Å². The van der Waals surface area contributed by atoms with E-state index in [4.69, 9.17) is 11.6 Å². The van der Waals surface area contributed by atoms with Crippen LogP contribution in [0.5, 0.6) is 0 Å². The standard InChI is InChI=1S/C26H27ClN2/c27-25-13-11-21(12-14-25)19-28-20-29-17-15-24(16-18-29)26(22-7-3-1-4-8-22)23-9-5-2-6-10-23/h1-14,20,24,26H,15-19H2. The summed E-state index contributed by atoms with van der Waals surface area (Å²) in [4.78, 5) is 7.00. The average Bonchev–Trinajstić information content (AvgIpc) is 2.78. The molecule has 3 aromatic rings. The molecule has 0 radical (unpaired) electrons. The predicted octanol–water partition coefficient (Wildman–Crippen LogP) is 6.41. The van der Waals surface area contributed by atoms with E-state index in [2.05, 4.69) is 70.6 Å². The van der Waals surface area contributed by atoms with Crippen LogP contribution in [-0.2, 0) is 6.54 Å². The van der Waals surface area contributed by atoms with Gasteiger partial charge in [-0.25, -0.2) is 0 Å². The highest BCUT2D eigenvalue weighted by Gasteiger charge is 2.28. The van der Waals surface area contributed by atoms with Gasteiger partial charge >= 0.3 is 0 Å². The van der Waals surface area contributed by atoms with Crippen molar-refractivity contribution >= 4 is 17.9 Å². The molecular weight excluding hydrogens is 376 g/mol. The predicted molar refractivity (Wildman–Crippen MR) is 123 cm³/mol. The Morgan fingerprint density at radius 3 is 1.93 bits per heavy atom. The summed E-state index contributed by atoms with van der Waals surface area (Å²) in [6.07, 6.45) is 4.40.